The van der Waals surface area contributed by atoms with E-state index in [1.165, 1.54) is 63.5 Å². The fourth-order valence-electron chi connectivity index (χ4n) is 10.3. The third-order valence-electron chi connectivity index (χ3n) is 13.4. The minimum atomic E-state index is -2.94. The smallest absolute Gasteiger partial charge is 0.340 e. The van der Waals surface area contributed by atoms with Crippen molar-refractivity contribution in [3.63, 3.8) is 0 Å². The summed E-state index contributed by atoms with van der Waals surface area (Å²) in [4.78, 5) is 115. The number of hydrogen-bond donors (Lipinski definition) is 2. The van der Waals surface area contributed by atoms with Gasteiger partial charge in [0, 0.05) is 52.2 Å². The highest BCUT2D eigenvalue weighted by Gasteiger charge is 2.91. The third-order valence-corrected chi connectivity index (χ3v) is 13.4. The van der Waals surface area contributed by atoms with E-state index in [4.69, 9.17) is 37.9 Å². The summed E-state index contributed by atoms with van der Waals surface area (Å²) in [6.45, 7) is 6.51. The number of rotatable bonds is 8. The van der Waals surface area contributed by atoms with E-state index < -0.39 is 137 Å². The average Bonchev–Trinajstić information content (AvgIpc) is 3.49. The summed E-state index contributed by atoms with van der Waals surface area (Å²) in [5, 5.41) is 26.6. The number of carbonyl (C=O) groups excluding carboxylic acids is 7. The minimum Gasteiger partial charge on any atom is -0.465 e. The number of esters is 7. The van der Waals surface area contributed by atoms with Gasteiger partial charge in [-0.1, -0.05) is 32.0 Å². The number of aliphatic hydroxyl groups is 2. The van der Waals surface area contributed by atoms with Gasteiger partial charge in [-0.05, 0) is 44.2 Å². The maximum atomic E-state index is 14.8. The van der Waals surface area contributed by atoms with E-state index in [1.807, 2.05) is 0 Å². The lowest BCUT2D eigenvalue weighted by atomic mass is 9.45. The number of aromatic nitrogens is 2. The first-order chi connectivity index (χ1) is 31.0. The van der Waals surface area contributed by atoms with Crippen molar-refractivity contribution in [3.8, 4) is 0 Å². The number of aliphatic hydroxyl groups excluding tert-OH is 1. The van der Waals surface area contributed by atoms with Crippen molar-refractivity contribution in [1.29, 1.82) is 0 Å². The average molecular weight is 919 g/mol. The van der Waals surface area contributed by atoms with Crippen LogP contribution in [0.15, 0.2) is 71.8 Å². The standard InChI is InChI=1S/C46H50N2O18/c1-22-23(2)39(54)64-37-34(63-41(56)28-16-17-30(52)48(8)19-28)38(65-40(55)27-13-10-9-11-14-27)45(21-59-24(3)49)36(62-26(5)51)33(53)31-35(61-25(4)50)46(45,44(37,7)58)66-43(31,6)20-60-42(57)29-15-12-18-47-32(22)29/h9-19,22-23,31,33-38,53,58H,20-21H2,1-8H3/t22-,23+,31-,33+,34+,35-,36-,37+,38+,43+,44-,45-,46+/m1/s1. The number of benzene rings is 1. The Morgan fingerprint density at radius 3 is 2.09 bits per heavy atom. The number of fused-ring (bicyclic) bond motifs is 5. The van der Waals surface area contributed by atoms with Gasteiger partial charge in [0.15, 0.2) is 23.9 Å². The number of cyclic esters (lactones) is 1. The van der Waals surface area contributed by atoms with E-state index in [0.717, 1.165) is 50.6 Å². The number of nitrogens with zero attached hydrogens (tertiary/aromatic N) is 2. The van der Waals surface area contributed by atoms with Crippen molar-refractivity contribution in [2.24, 2.45) is 24.3 Å². The van der Waals surface area contributed by atoms with Gasteiger partial charge in [-0.3, -0.25) is 29.0 Å². The van der Waals surface area contributed by atoms with E-state index >= 15 is 0 Å². The molecule has 352 valence electrons. The second kappa shape index (κ2) is 17.4. The predicted octanol–water partition coefficient (Wildman–Crippen LogP) is 1.75. The van der Waals surface area contributed by atoms with Crippen LogP contribution in [-0.4, -0.2) is 128 Å². The Labute approximate surface area is 377 Å². The zero-order chi connectivity index (χ0) is 48.3. The molecule has 2 aromatic heterocycles. The van der Waals surface area contributed by atoms with Crippen molar-refractivity contribution in [2.75, 3.05) is 13.2 Å². The molecule has 7 rings (SSSR count). The van der Waals surface area contributed by atoms with Gasteiger partial charge in [-0.2, -0.15) is 0 Å². The largest absolute Gasteiger partial charge is 0.465 e. The molecule has 4 aliphatic rings. The number of carbonyl (C=O) groups is 7. The predicted molar refractivity (Wildman–Crippen MR) is 221 cm³/mol. The van der Waals surface area contributed by atoms with E-state index in [1.54, 1.807) is 13.0 Å². The Kier molecular flexibility index (Phi) is 12.5. The van der Waals surface area contributed by atoms with Crippen LogP contribution < -0.4 is 5.56 Å². The Balaban J connectivity index is 1.62. The molecule has 3 aromatic rings. The maximum Gasteiger partial charge on any atom is 0.340 e. The summed E-state index contributed by atoms with van der Waals surface area (Å²) < 4.78 is 50.8. The molecule has 1 spiro atoms. The van der Waals surface area contributed by atoms with Crippen molar-refractivity contribution < 1.29 is 81.7 Å². The number of pyridine rings is 2. The molecule has 20 nitrogen and oxygen atoms in total. The van der Waals surface area contributed by atoms with E-state index in [-0.39, 0.29) is 22.4 Å². The van der Waals surface area contributed by atoms with Crippen LogP contribution in [0, 0.1) is 17.3 Å². The SMILES string of the molecule is CC(=O)OC[C@]12[C@H](OC(C)=O)[C@@H](O)[C@@H]3[C@@H](OC(C)=O)[C@@]14O[C@@]3(C)COC(=O)c1cccnc1[C@H](C)[C@H](C)C(=O)O[C@@H]([C@H](OC(=O)c1ccc(=O)n(C)c1)[C@@H]2OC(=O)c1ccccc1)[C@@]4(C)O. The van der Waals surface area contributed by atoms with Gasteiger partial charge >= 0.3 is 41.8 Å². The van der Waals surface area contributed by atoms with Crippen LogP contribution in [0.25, 0.3) is 0 Å². The number of hydrogen-bond acceptors (Lipinski definition) is 19. The molecular weight excluding hydrogens is 869 g/mol. The lowest BCUT2D eigenvalue weighted by Gasteiger charge is -2.67. The first-order valence-electron chi connectivity index (χ1n) is 21.1. The van der Waals surface area contributed by atoms with Crippen LogP contribution in [0.5, 0.6) is 0 Å². The van der Waals surface area contributed by atoms with Gasteiger partial charge in [-0.25, -0.2) is 14.4 Å². The molecule has 2 aliphatic carbocycles. The van der Waals surface area contributed by atoms with Crippen molar-refractivity contribution in [1.82, 2.24) is 9.55 Å². The molecule has 2 saturated carbocycles. The Morgan fingerprint density at radius 1 is 0.803 bits per heavy atom. The quantitative estimate of drug-likeness (QED) is 0.241. The molecule has 66 heavy (non-hydrogen) atoms. The summed E-state index contributed by atoms with van der Waals surface area (Å²) in [5.74, 6) is -11.3. The summed E-state index contributed by atoms with van der Waals surface area (Å²) in [5.41, 5.74) is -11.5. The lowest BCUT2D eigenvalue weighted by Crippen LogP contribution is -2.89. The molecule has 0 amide bonds. The van der Waals surface area contributed by atoms with Crippen LogP contribution in [0.1, 0.15) is 91.2 Å². The summed E-state index contributed by atoms with van der Waals surface area (Å²) >= 11 is 0. The lowest BCUT2D eigenvalue weighted by molar-refractivity contribution is -0.384. The van der Waals surface area contributed by atoms with Crippen LogP contribution in [0.2, 0.25) is 0 Å². The maximum absolute atomic E-state index is 14.8. The molecule has 2 N–H and O–H groups in total. The van der Waals surface area contributed by atoms with Crippen molar-refractivity contribution in [3.05, 3.63) is 99.7 Å². The van der Waals surface area contributed by atoms with Gasteiger partial charge in [0.2, 0.25) is 5.56 Å². The second-order valence-corrected chi connectivity index (χ2v) is 17.6. The Morgan fingerprint density at radius 2 is 1.45 bits per heavy atom. The minimum absolute atomic E-state index is 0.0623. The molecule has 1 saturated heterocycles. The van der Waals surface area contributed by atoms with Crippen LogP contribution in [0.3, 0.4) is 0 Å². The zero-order valence-corrected chi connectivity index (χ0v) is 37.3. The molecule has 4 bridgehead atoms. The Bertz CT molecular complexity index is 2520. The Hall–Kier alpha value is -6.51. The summed E-state index contributed by atoms with van der Waals surface area (Å²) in [7, 11) is 1.35. The van der Waals surface area contributed by atoms with E-state index in [0.29, 0.717) is 0 Å². The van der Waals surface area contributed by atoms with Crippen molar-refractivity contribution in [2.45, 2.75) is 108 Å². The molecule has 3 fully saturated rings. The van der Waals surface area contributed by atoms with Gasteiger partial charge in [0.05, 0.1) is 34.2 Å². The summed E-state index contributed by atoms with van der Waals surface area (Å²) in [6.07, 6.45) is -10.5. The van der Waals surface area contributed by atoms with Gasteiger partial charge in [0.1, 0.15) is 48.1 Å². The van der Waals surface area contributed by atoms with Gasteiger partial charge in [0.25, 0.3) is 0 Å². The van der Waals surface area contributed by atoms with Crippen LogP contribution in [0.4, 0.5) is 0 Å². The van der Waals surface area contributed by atoms with Gasteiger partial charge in [-0.15, -0.1) is 0 Å². The van der Waals surface area contributed by atoms with Crippen LogP contribution >= 0.6 is 0 Å². The third kappa shape index (κ3) is 7.59. The highest BCUT2D eigenvalue weighted by Crippen LogP contribution is 2.70. The molecule has 20 heteroatoms. The fraction of sp³-hybridized carbons (Fsp3) is 0.500. The zero-order valence-electron chi connectivity index (χ0n) is 37.3. The normalized spacial score (nSPS) is 34.6. The molecule has 1 aromatic carbocycles. The molecule has 0 unspecified atom stereocenters. The van der Waals surface area contributed by atoms with Crippen LogP contribution in [-0.2, 0) is 64.1 Å². The first-order valence-corrected chi connectivity index (χ1v) is 21.1. The van der Waals surface area contributed by atoms with E-state index in [9.17, 15) is 48.6 Å². The highest BCUT2D eigenvalue weighted by molar-refractivity contribution is 5.92. The number of aryl methyl sites for hydroxylation is 1. The summed E-state index contributed by atoms with van der Waals surface area (Å²) in [6, 6.07) is 12.4. The molecule has 4 heterocycles. The molecule has 2 aliphatic heterocycles. The monoisotopic (exact) mass is 918 g/mol. The van der Waals surface area contributed by atoms with E-state index in [2.05, 4.69) is 4.98 Å². The number of ether oxygens (including phenoxy) is 8. The second-order valence-electron chi connectivity index (χ2n) is 17.6. The first kappa shape index (κ1) is 47.5. The highest BCUT2D eigenvalue weighted by atomic mass is 16.7. The van der Waals surface area contributed by atoms with Crippen molar-refractivity contribution >= 4 is 41.8 Å². The molecular formula is C46H50N2O18. The topological polar surface area (TPSA) is 269 Å². The molecule has 13 atom stereocenters. The molecule has 0 radical (unpaired) electrons. The van der Waals surface area contributed by atoms with Gasteiger partial charge < -0.3 is 52.7 Å². The fourth-order valence-corrected chi connectivity index (χ4v) is 10.3.